The van der Waals surface area contributed by atoms with E-state index in [-0.39, 0.29) is 5.91 Å². The summed E-state index contributed by atoms with van der Waals surface area (Å²) in [6.07, 6.45) is 6.19. The Morgan fingerprint density at radius 2 is 2.12 bits per heavy atom. The molecular formula is C12H18N2OS. The summed E-state index contributed by atoms with van der Waals surface area (Å²) in [6, 6.07) is 2.12. The first kappa shape index (κ1) is 14.9. The molecule has 1 N–H and O–H groups in total. The Morgan fingerprint density at radius 3 is 2.56 bits per heavy atom. The van der Waals surface area contributed by atoms with E-state index in [0.29, 0.717) is 25.1 Å². The van der Waals surface area contributed by atoms with Crippen LogP contribution in [0.3, 0.4) is 0 Å². The van der Waals surface area contributed by atoms with Gasteiger partial charge in [-0.1, -0.05) is 19.8 Å². The van der Waals surface area contributed by atoms with Gasteiger partial charge in [-0.3, -0.25) is 4.79 Å². The maximum atomic E-state index is 11.8. The first-order chi connectivity index (χ1) is 7.66. The van der Waals surface area contributed by atoms with Gasteiger partial charge in [-0.25, -0.2) is 0 Å². The van der Waals surface area contributed by atoms with Crippen molar-refractivity contribution in [2.24, 2.45) is 5.41 Å². The van der Waals surface area contributed by atoms with Crippen LogP contribution in [-0.4, -0.2) is 24.0 Å². The highest BCUT2D eigenvalue weighted by molar-refractivity contribution is 7.99. The van der Waals surface area contributed by atoms with Gasteiger partial charge in [0.15, 0.2) is 0 Å². The quantitative estimate of drug-likeness (QED) is 0.543. The van der Waals surface area contributed by atoms with Gasteiger partial charge in [0.05, 0.1) is 11.8 Å². The molecule has 0 aliphatic heterocycles. The summed E-state index contributed by atoms with van der Waals surface area (Å²) in [5.41, 5.74) is -0.864. The van der Waals surface area contributed by atoms with Crippen LogP contribution < -0.4 is 5.32 Å². The smallest absolute Gasteiger partial charge is 0.240 e. The van der Waals surface area contributed by atoms with Crippen molar-refractivity contribution in [3.8, 4) is 18.4 Å². The number of rotatable bonds is 7. The number of hydrogen-bond donors (Lipinski definition) is 1. The van der Waals surface area contributed by atoms with Gasteiger partial charge in [-0.15, -0.1) is 18.2 Å². The minimum atomic E-state index is -0.864. The number of carbonyl (C=O) groups is 1. The third kappa shape index (κ3) is 4.16. The van der Waals surface area contributed by atoms with Crippen molar-refractivity contribution >= 4 is 17.7 Å². The highest BCUT2D eigenvalue weighted by atomic mass is 32.2. The van der Waals surface area contributed by atoms with Crippen LogP contribution >= 0.6 is 11.8 Å². The molecule has 0 saturated carbocycles. The molecule has 0 aromatic heterocycles. The summed E-state index contributed by atoms with van der Waals surface area (Å²) in [7, 11) is 0. The van der Waals surface area contributed by atoms with E-state index >= 15 is 0 Å². The highest BCUT2D eigenvalue weighted by Crippen LogP contribution is 2.25. The topological polar surface area (TPSA) is 52.9 Å². The molecule has 0 unspecified atom stereocenters. The Labute approximate surface area is 102 Å². The molecule has 1 amide bonds. The van der Waals surface area contributed by atoms with E-state index in [2.05, 4.69) is 17.3 Å². The zero-order valence-electron chi connectivity index (χ0n) is 9.88. The van der Waals surface area contributed by atoms with E-state index in [9.17, 15) is 4.79 Å². The van der Waals surface area contributed by atoms with Gasteiger partial charge < -0.3 is 5.32 Å². The Balaban J connectivity index is 4.05. The van der Waals surface area contributed by atoms with Gasteiger partial charge in [0.1, 0.15) is 5.41 Å². The Morgan fingerprint density at radius 1 is 1.50 bits per heavy atom. The zero-order valence-corrected chi connectivity index (χ0v) is 10.7. The molecule has 0 saturated heterocycles. The Hall–Kier alpha value is -1.13. The number of terminal acetylenes is 1. The lowest BCUT2D eigenvalue weighted by Gasteiger charge is -2.21. The van der Waals surface area contributed by atoms with E-state index in [4.69, 9.17) is 11.7 Å². The second-order valence-electron chi connectivity index (χ2n) is 3.41. The van der Waals surface area contributed by atoms with Crippen LogP contribution in [0.5, 0.6) is 0 Å². The SMILES string of the molecule is C#CCSCCNC(=O)C(C#N)(CC)CC. The Bertz CT molecular complexity index is 297. The van der Waals surface area contributed by atoms with Crippen molar-refractivity contribution in [2.75, 3.05) is 18.1 Å². The monoisotopic (exact) mass is 238 g/mol. The van der Waals surface area contributed by atoms with Crippen molar-refractivity contribution in [1.29, 1.82) is 5.26 Å². The number of thioether (sulfide) groups is 1. The second kappa shape index (κ2) is 8.07. The Kier molecular flexibility index (Phi) is 7.50. The van der Waals surface area contributed by atoms with E-state index < -0.39 is 5.41 Å². The van der Waals surface area contributed by atoms with Crippen LogP contribution in [0.4, 0.5) is 0 Å². The lowest BCUT2D eigenvalue weighted by Crippen LogP contribution is -2.40. The highest BCUT2D eigenvalue weighted by Gasteiger charge is 2.34. The fraction of sp³-hybridized carbons (Fsp3) is 0.667. The molecule has 88 valence electrons. The molecule has 0 spiro atoms. The van der Waals surface area contributed by atoms with Crippen LogP contribution in [0.1, 0.15) is 26.7 Å². The van der Waals surface area contributed by atoms with E-state index in [1.165, 1.54) is 0 Å². The average molecular weight is 238 g/mol. The third-order valence-electron chi connectivity index (χ3n) is 2.57. The predicted octanol–water partition coefficient (Wildman–Crippen LogP) is 1.80. The molecule has 0 radical (unpaired) electrons. The number of nitrogens with one attached hydrogen (secondary N) is 1. The van der Waals surface area contributed by atoms with Crippen molar-refractivity contribution in [2.45, 2.75) is 26.7 Å². The molecule has 0 rings (SSSR count). The molecule has 3 nitrogen and oxygen atoms in total. The van der Waals surface area contributed by atoms with Crippen molar-refractivity contribution in [1.82, 2.24) is 5.32 Å². The zero-order chi connectivity index (χ0) is 12.4. The molecule has 0 aromatic carbocycles. The normalized spacial score (nSPS) is 10.2. The maximum Gasteiger partial charge on any atom is 0.240 e. The number of hydrogen-bond acceptors (Lipinski definition) is 3. The number of nitriles is 1. The van der Waals surface area contributed by atoms with Gasteiger partial charge in [-0.2, -0.15) is 5.26 Å². The second-order valence-corrected chi connectivity index (χ2v) is 4.52. The van der Waals surface area contributed by atoms with Crippen LogP contribution in [0, 0.1) is 29.1 Å². The first-order valence-corrected chi connectivity index (χ1v) is 6.53. The summed E-state index contributed by atoms with van der Waals surface area (Å²) < 4.78 is 0. The molecule has 0 heterocycles. The van der Waals surface area contributed by atoms with Gasteiger partial charge in [0.25, 0.3) is 0 Å². The fourth-order valence-corrected chi connectivity index (χ4v) is 1.83. The largest absolute Gasteiger partial charge is 0.354 e. The fourth-order valence-electron chi connectivity index (χ4n) is 1.32. The van der Waals surface area contributed by atoms with Crippen LogP contribution in [0.2, 0.25) is 0 Å². The van der Waals surface area contributed by atoms with Crippen molar-refractivity contribution in [3.05, 3.63) is 0 Å². The lowest BCUT2D eigenvalue weighted by atomic mass is 9.83. The summed E-state index contributed by atoms with van der Waals surface area (Å²) in [4.78, 5) is 11.8. The minimum Gasteiger partial charge on any atom is -0.354 e. The lowest BCUT2D eigenvalue weighted by molar-refractivity contribution is -0.128. The van der Waals surface area contributed by atoms with Crippen LogP contribution in [0.25, 0.3) is 0 Å². The summed E-state index contributed by atoms with van der Waals surface area (Å²) >= 11 is 1.59. The molecule has 0 atom stereocenters. The molecule has 4 heteroatoms. The molecular weight excluding hydrogens is 220 g/mol. The number of nitrogens with zero attached hydrogens (tertiary/aromatic N) is 1. The first-order valence-electron chi connectivity index (χ1n) is 5.37. The van der Waals surface area contributed by atoms with Gasteiger partial charge in [0.2, 0.25) is 5.91 Å². The summed E-state index contributed by atoms with van der Waals surface area (Å²) in [5, 5.41) is 11.8. The number of amides is 1. The molecule has 0 aliphatic carbocycles. The van der Waals surface area contributed by atoms with Crippen LogP contribution in [-0.2, 0) is 4.79 Å². The summed E-state index contributed by atoms with van der Waals surface area (Å²) in [5.74, 6) is 3.79. The van der Waals surface area contributed by atoms with E-state index in [1.807, 2.05) is 13.8 Å². The minimum absolute atomic E-state index is 0.165. The average Bonchev–Trinajstić information content (AvgIpc) is 2.32. The number of carbonyl (C=O) groups excluding carboxylic acids is 1. The molecule has 0 fully saturated rings. The maximum absolute atomic E-state index is 11.8. The summed E-state index contributed by atoms with van der Waals surface area (Å²) in [6.45, 7) is 4.29. The third-order valence-corrected chi connectivity index (χ3v) is 3.44. The molecule has 0 aliphatic rings. The molecule has 16 heavy (non-hydrogen) atoms. The van der Waals surface area contributed by atoms with Gasteiger partial charge >= 0.3 is 0 Å². The predicted molar refractivity (Wildman–Crippen MR) is 67.8 cm³/mol. The van der Waals surface area contributed by atoms with Gasteiger partial charge in [0, 0.05) is 12.3 Å². The standard InChI is InChI=1S/C12H18N2OS/c1-4-8-16-9-7-14-11(15)12(5-2,6-3)10-13/h1H,5-9H2,2-3H3,(H,14,15). The molecule has 0 aromatic rings. The van der Waals surface area contributed by atoms with Crippen molar-refractivity contribution in [3.63, 3.8) is 0 Å². The van der Waals surface area contributed by atoms with Crippen molar-refractivity contribution < 1.29 is 4.79 Å². The molecule has 0 bridgehead atoms. The van der Waals surface area contributed by atoms with E-state index in [1.54, 1.807) is 11.8 Å². The van der Waals surface area contributed by atoms with E-state index in [0.717, 1.165) is 5.75 Å². The van der Waals surface area contributed by atoms with Gasteiger partial charge in [-0.05, 0) is 12.8 Å². The van der Waals surface area contributed by atoms with Crippen LogP contribution in [0.15, 0.2) is 0 Å².